The summed E-state index contributed by atoms with van der Waals surface area (Å²) in [6.45, 7) is 5.57. The van der Waals surface area contributed by atoms with E-state index in [1.54, 1.807) is 37.3 Å². The van der Waals surface area contributed by atoms with Crippen molar-refractivity contribution in [1.29, 1.82) is 0 Å². The van der Waals surface area contributed by atoms with E-state index in [1.165, 1.54) is 4.90 Å². The summed E-state index contributed by atoms with van der Waals surface area (Å²) in [5.41, 5.74) is 3.25. The van der Waals surface area contributed by atoms with Crippen LogP contribution in [0, 0.1) is 13.8 Å². The lowest BCUT2D eigenvalue weighted by atomic mass is 10.0. The van der Waals surface area contributed by atoms with Crippen molar-refractivity contribution in [2.45, 2.75) is 33.3 Å². The third kappa shape index (κ3) is 4.22. The number of Topliss-reactive ketones (excluding diaryl/α,β-unsaturated/α-hetero) is 1. The highest BCUT2D eigenvalue weighted by atomic mass is 16.5. The van der Waals surface area contributed by atoms with Crippen molar-refractivity contribution in [3.63, 3.8) is 0 Å². The SMILES string of the molecule is Cc1ccc(C(=O)[C@H](C)OC(=O)CCN2C(=O)COc3ccccc32)cc1C. The molecule has 0 bridgehead atoms. The normalized spacial score (nSPS) is 14.1. The zero-order valence-electron chi connectivity index (χ0n) is 16.2. The molecule has 6 nitrogen and oxygen atoms in total. The first kappa shape index (κ1) is 19.6. The van der Waals surface area contributed by atoms with Crippen LogP contribution in [0.5, 0.6) is 5.75 Å². The monoisotopic (exact) mass is 381 g/mol. The van der Waals surface area contributed by atoms with Crippen LogP contribution < -0.4 is 9.64 Å². The van der Waals surface area contributed by atoms with Gasteiger partial charge in [-0.15, -0.1) is 0 Å². The second kappa shape index (κ2) is 8.25. The second-order valence-electron chi connectivity index (χ2n) is 6.85. The molecule has 0 saturated carbocycles. The van der Waals surface area contributed by atoms with Crippen LogP contribution >= 0.6 is 0 Å². The van der Waals surface area contributed by atoms with Crippen LogP contribution in [0.1, 0.15) is 34.8 Å². The molecule has 0 radical (unpaired) electrons. The zero-order chi connectivity index (χ0) is 20.3. The Balaban J connectivity index is 1.59. The van der Waals surface area contributed by atoms with Crippen LogP contribution in [0.4, 0.5) is 5.69 Å². The van der Waals surface area contributed by atoms with E-state index in [4.69, 9.17) is 9.47 Å². The number of rotatable bonds is 6. The first-order chi connectivity index (χ1) is 13.4. The van der Waals surface area contributed by atoms with Gasteiger partial charge in [0.05, 0.1) is 12.1 Å². The van der Waals surface area contributed by atoms with Crippen molar-refractivity contribution in [2.75, 3.05) is 18.1 Å². The number of amides is 1. The van der Waals surface area contributed by atoms with Crippen molar-refractivity contribution in [2.24, 2.45) is 0 Å². The van der Waals surface area contributed by atoms with Gasteiger partial charge in [-0.25, -0.2) is 0 Å². The highest BCUT2D eigenvalue weighted by molar-refractivity contribution is 6.00. The van der Waals surface area contributed by atoms with Gasteiger partial charge < -0.3 is 14.4 Å². The average Bonchev–Trinajstić information content (AvgIpc) is 2.68. The van der Waals surface area contributed by atoms with Crippen LogP contribution in [-0.4, -0.2) is 36.9 Å². The average molecular weight is 381 g/mol. The molecule has 2 aromatic carbocycles. The smallest absolute Gasteiger partial charge is 0.308 e. The molecule has 1 aliphatic rings. The molecule has 0 saturated heterocycles. The van der Waals surface area contributed by atoms with E-state index >= 15 is 0 Å². The molecule has 1 aliphatic heterocycles. The first-order valence-electron chi connectivity index (χ1n) is 9.20. The number of carbonyl (C=O) groups is 3. The van der Waals surface area contributed by atoms with E-state index in [1.807, 2.05) is 26.0 Å². The lowest BCUT2D eigenvalue weighted by Crippen LogP contribution is -2.40. The Labute approximate surface area is 164 Å². The summed E-state index contributed by atoms with van der Waals surface area (Å²) < 4.78 is 10.7. The molecule has 146 valence electrons. The van der Waals surface area contributed by atoms with Gasteiger partial charge in [0.1, 0.15) is 5.75 Å². The summed E-state index contributed by atoms with van der Waals surface area (Å²) in [6.07, 6.45) is -0.896. The van der Waals surface area contributed by atoms with Crippen molar-refractivity contribution in [1.82, 2.24) is 0 Å². The number of aryl methyl sites for hydroxylation is 2. The van der Waals surface area contributed by atoms with Crippen LogP contribution in [0.3, 0.4) is 0 Å². The van der Waals surface area contributed by atoms with Crippen LogP contribution in [0.2, 0.25) is 0 Å². The maximum absolute atomic E-state index is 12.5. The highest BCUT2D eigenvalue weighted by Crippen LogP contribution is 2.31. The van der Waals surface area contributed by atoms with E-state index in [2.05, 4.69) is 0 Å². The number of hydrogen-bond acceptors (Lipinski definition) is 5. The molecule has 1 amide bonds. The highest BCUT2D eigenvalue weighted by Gasteiger charge is 2.26. The quantitative estimate of drug-likeness (QED) is 0.567. The zero-order valence-corrected chi connectivity index (χ0v) is 16.2. The summed E-state index contributed by atoms with van der Waals surface area (Å²) in [6, 6.07) is 12.6. The maximum atomic E-state index is 12.5. The molecule has 1 atom stereocenters. The fourth-order valence-corrected chi connectivity index (χ4v) is 3.04. The molecule has 0 unspecified atom stereocenters. The lowest BCUT2D eigenvalue weighted by molar-refractivity contribution is -0.146. The Kier molecular flexibility index (Phi) is 5.78. The molecule has 3 rings (SSSR count). The van der Waals surface area contributed by atoms with Crippen molar-refractivity contribution in [3.05, 3.63) is 59.2 Å². The topological polar surface area (TPSA) is 72.9 Å². The summed E-state index contributed by atoms with van der Waals surface area (Å²) in [5, 5.41) is 0. The summed E-state index contributed by atoms with van der Waals surface area (Å²) >= 11 is 0. The molecule has 28 heavy (non-hydrogen) atoms. The van der Waals surface area contributed by atoms with E-state index < -0.39 is 12.1 Å². The maximum Gasteiger partial charge on any atom is 0.308 e. The van der Waals surface area contributed by atoms with E-state index in [9.17, 15) is 14.4 Å². The number of ether oxygens (including phenoxy) is 2. The molecule has 0 N–H and O–H groups in total. The summed E-state index contributed by atoms with van der Waals surface area (Å²) in [7, 11) is 0. The third-order valence-corrected chi connectivity index (χ3v) is 4.82. The summed E-state index contributed by atoms with van der Waals surface area (Å²) in [5.74, 6) is -0.384. The van der Waals surface area contributed by atoms with E-state index in [-0.39, 0.29) is 31.3 Å². The fourth-order valence-electron chi connectivity index (χ4n) is 3.04. The van der Waals surface area contributed by atoms with Crippen molar-refractivity contribution >= 4 is 23.3 Å². The Morgan fingerprint density at radius 3 is 2.64 bits per heavy atom. The molecular formula is C22H23NO5. The fraction of sp³-hybridized carbons (Fsp3) is 0.318. The number of para-hydroxylation sites is 2. The number of hydrogen-bond donors (Lipinski definition) is 0. The largest absolute Gasteiger partial charge is 0.482 e. The standard InChI is InChI=1S/C22H23NO5/c1-14-8-9-17(12-15(14)2)22(26)16(3)28-21(25)10-11-23-18-6-4-5-7-19(18)27-13-20(23)24/h4-9,12,16H,10-11,13H2,1-3H3/t16-/m0/s1. The molecule has 1 heterocycles. The predicted molar refractivity (Wildman–Crippen MR) is 105 cm³/mol. The van der Waals surface area contributed by atoms with E-state index in [0.29, 0.717) is 17.0 Å². The Hall–Kier alpha value is -3.15. The van der Waals surface area contributed by atoms with Gasteiger partial charge in [0.25, 0.3) is 5.91 Å². The van der Waals surface area contributed by atoms with Crippen LogP contribution in [0.15, 0.2) is 42.5 Å². The lowest BCUT2D eigenvalue weighted by Gasteiger charge is -2.29. The molecule has 6 heteroatoms. The Morgan fingerprint density at radius 2 is 1.89 bits per heavy atom. The number of esters is 1. The molecule has 0 fully saturated rings. The van der Waals surface area contributed by atoms with Gasteiger partial charge in [-0.3, -0.25) is 14.4 Å². The van der Waals surface area contributed by atoms with Crippen LogP contribution in [0.25, 0.3) is 0 Å². The number of nitrogens with zero attached hydrogens (tertiary/aromatic N) is 1. The van der Waals surface area contributed by atoms with Gasteiger partial charge in [0, 0.05) is 12.1 Å². The van der Waals surface area contributed by atoms with Gasteiger partial charge >= 0.3 is 5.97 Å². The van der Waals surface area contributed by atoms with Crippen LogP contribution in [-0.2, 0) is 14.3 Å². The minimum Gasteiger partial charge on any atom is -0.482 e. The van der Waals surface area contributed by atoms with Crippen molar-refractivity contribution < 1.29 is 23.9 Å². The third-order valence-electron chi connectivity index (χ3n) is 4.82. The molecule has 0 aliphatic carbocycles. The minimum atomic E-state index is -0.887. The number of ketones is 1. The van der Waals surface area contributed by atoms with Gasteiger partial charge in [-0.05, 0) is 50.1 Å². The minimum absolute atomic E-state index is 0.00931. The number of carbonyl (C=O) groups excluding carboxylic acids is 3. The molecule has 0 aromatic heterocycles. The van der Waals surface area contributed by atoms with E-state index in [0.717, 1.165) is 11.1 Å². The van der Waals surface area contributed by atoms with Gasteiger partial charge in [0.15, 0.2) is 12.7 Å². The number of benzene rings is 2. The Morgan fingerprint density at radius 1 is 1.14 bits per heavy atom. The number of anilines is 1. The number of fused-ring (bicyclic) bond motifs is 1. The first-order valence-corrected chi connectivity index (χ1v) is 9.20. The van der Waals surface area contributed by atoms with Gasteiger partial charge in [-0.2, -0.15) is 0 Å². The van der Waals surface area contributed by atoms with Gasteiger partial charge in [0.2, 0.25) is 5.78 Å². The molecule has 0 spiro atoms. The Bertz CT molecular complexity index is 921. The van der Waals surface area contributed by atoms with Crippen molar-refractivity contribution in [3.8, 4) is 5.75 Å². The second-order valence-corrected chi connectivity index (χ2v) is 6.85. The summed E-state index contributed by atoms with van der Waals surface area (Å²) in [4.78, 5) is 38.4. The van der Waals surface area contributed by atoms with Gasteiger partial charge in [-0.1, -0.05) is 24.3 Å². The molecule has 2 aromatic rings. The molecular weight excluding hydrogens is 358 g/mol. The predicted octanol–water partition coefficient (Wildman–Crippen LogP) is 3.23.